The fourth-order valence-corrected chi connectivity index (χ4v) is 1.92. The standard InChI is InChI=1S/C13H16BrNO2/c1-10(2)9-15(7-6-13(16)17)12-5-3-4-11(14)8-12/h3-5,8H,1,6-7,9H2,2H3,(H,16,17). The maximum Gasteiger partial charge on any atom is 0.305 e. The van der Waals surface area contributed by atoms with E-state index in [1.807, 2.05) is 36.1 Å². The summed E-state index contributed by atoms with van der Waals surface area (Å²) in [5, 5.41) is 8.74. The lowest BCUT2D eigenvalue weighted by Crippen LogP contribution is -2.27. The summed E-state index contributed by atoms with van der Waals surface area (Å²) in [6, 6.07) is 7.82. The zero-order chi connectivity index (χ0) is 12.8. The lowest BCUT2D eigenvalue weighted by molar-refractivity contribution is -0.136. The maximum atomic E-state index is 10.6. The molecule has 0 aliphatic rings. The molecule has 0 unspecified atom stereocenters. The first-order chi connectivity index (χ1) is 7.99. The Balaban J connectivity index is 2.81. The first kappa shape index (κ1) is 13.8. The first-order valence-electron chi connectivity index (χ1n) is 5.35. The number of benzene rings is 1. The lowest BCUT2D eigenvalue weighted by atomic mass is 10.2. The van der Waals surface area contributed by atoms with Gasteiger partial charge in [-0.3, -0.25) is 4.79 Å². The molecule has 0 aliphatic heterocycles. The fourth-order valence-electron chi connectivity index (χ4n) is 1.53. The summed E-state index contributed by atoms with van der Waals surface area (Å²) in [5.74, 6) is -0.785. The average molecular weight is 298 g/mol. The van der Waals surface area contributed by atoms with Gasteiger partial charge in [-0.05, 0) is 25.1 Å². The second-order valence-corrected chi connectivity index (χ2v) is 4.92. The molecule has 0 atom stereocenters. The van der Waals surface area contributed by atoms with Crippen LogP contribution in [0.1, 0.15) is 13.3 Å². The maximum absolute atomic E-state index is 10.6. The first-order valence-corrected chi connectivity index (χ1v) is 6.15. The molecule has 1 N–H and O–H groups in total. The third-order valence-electron chi connectivity index (χ3n) is 2.23. The highest BCUT2D eigenvalue weighted by Gasteiger charge is 2.09. The lowest BCUT2D eigenvalue weighted by Gasteiger charge is -2.24. The van der Waals surface area contributed by atoms with Gasteiger partial charge in [0.2, 0.25) is 0 Å². The van der Waals surface area contributed by atoms with Crippen molar-refractivity contribution in [2.75, 3.05) is 18.0 Å². The van der Waals surface area contributed by atoms with Crippen molar-refractivity contribution in [2.45, 2.75) is 13.3 Å². The van der Waals surface area contributed by atoms with Gasteiger partial charge >= 0.3 is 5.97 Å². The van der Waals surface area contributed by atoms with Crippen LogP contribution in [0.5, 0.6) is 0 Å². The van der Waals surface area contributed by atoms with Crippen LogP contribution >= 0.6 is 15.9 Å². The van der Waals surface area contributed by atoms with Gasteiger partial charge in [-0.15, -0.1) is 0 Å². The summed E-state index contributed by atoms with van der Waals surface area (Å²) in [6.45, 7) is 6.96. The zero-order valence-electron chi connectivity index (χ0n) is 9.82. The van der Waals surface area contributed by atoms with Crippen molar-refractivity contribution in [3.05, 3.63) is 40.9 Å². The predicted molar refractivity (Wildman–Crippen MR) is 73.4 cm³/mol. The van der Waals surface area contributed by atoms with Crippen LogP contribution < -0.4 is 4.90 Å². The van der Waals surface area contributed by atoms with Crippen molar-refractivity contribution in [1.82, 2.24) is 0 Å². The topological polar surface area (TPSA) is 40.5 Å². The molecular formula is C13H16BrNO2. The molecule has 92 valence electrons. The smallest absolute Gasteiger partial charge is 0.305 e. The minimum atomic E-state index is -0.785. The molecule has 0 fully saturated rings. The van der Waals surface area contributed by atoms with Crippen LogP contribution in [0.4, 0.5) is 5.69 Å². The van der Waals surface area contributed by atoms with Crippen LogP contribution in [0.3, 0.4) is 0 Å². The number of carboxylic acid groups (broad SMARTS) is 1. The van der Waals surface area contributed by atoms with Crippen LogP contribution in [0.2, 0.25) is 0 Å². The highest BCUT2D eigenvalue weighted by atomic mass is 79.9. The minimum absolute atomic E-state index is 0.125. The number of carboxylic acids is 1. The molecule has 0 bridgehead atoms. The SMILES string of the molecule is C=C(C)CN(CCC(=O)O)c1cccc(Br)c1. The quantitative estimate of drug-likeness (QED) is 0.819. The van der Waals surface area contributed by atoms with Gasteiger partial charge in [0.15, 0.2) is 0 Å². The molecule has 0 aromatic heterocycles. The third kappa shape index (κ3) is 5.04. The summed E-state index contributed by atoms with van der Waals surface area (Å²) < 4.78 is 0.983. The molecule has 1 aromatic rings. The molecule has 0 amide bonds. The van der Waals surface area contributed by atoms with E-state index in [0.717, 1.165) is 15.7 Å². The number of carbonyl (C=O) groups is 1. The molecule has 0 spiro atoms. The van der Waals surface area contributed by atoms with Crippen LogP contribution in [-0.2, 0) is 4.79 Å². The van der Waals surface area contributed by atoms with Crippen LogP contribution in [0, 0.1) is 0 Å². The summed E-state index contributed by atoms with van der Waals surface area (Å²) >= 11 is 3.41. The zero-order valence-corrected chi connectivity index (χ0v) is 11.4. The van der Waals surface area contributed by atoms with Crippen molar-refractivity contribution in [3.63, 3.8) is 0 Å². The number of rotatable bonds is 6. The van der Waals surface area contributed by atoms with Crippen molar-refractivity contribution in [1.29, 1.82) is 0 Å². The Labute approximate surface area is 110 Å². The third-order valence-corrected chi connectivity index (χ3v) is 2.72. The van der Waals surface area contributed by atoms with Crippen molar-refractivity contribution < 1.29 is 9.90 Å². The van der Waals surface area contributed by atoms with Crippen molar-refractivity contribution in [2.24, 2.45) is 0 Å². The number of hydrogen-bond donors (Lipinski definition) is 1. The van der Waals surface area contributed by atoms with E-state index in [4.69, 9.17) is 5.11 Å². The van der Waals surface area contributed by atoms with Crippen molar-refractivity contribution >= 4 is 27.6 Å². The largest absolute Gasteiger partial charge is 0.481 e. The Morgan fingerprint density at radius 3 is 2.76 bits per heavy atom. The van der Waals surface area contributed by atoms with Gasteiger partial charge in [-0.1, -0.05) is 34.1 Å². The Morgan fingerprint density at radius 2 is 2.24 bits per heavy atom. The highest BCUT2D eigenvalue weighted by Crippen LogP contribution is 2.20. The highest BCUT2D eigenvalue weighted by molar-refractivity contribution is 9.10. The second-order valence-electron chi connectivity index (χ2n) is 4.00. The second kappa shape index (κ2) is 6.45. The van der Waals surface area contributed by atoms with E-state index in [9.17, 15) is 4.79 Å². The van der Waals surface area contributed by atoms with E-state index in [0.29, 0.717) is 13.1 Å². The molecule has 0 saturated carbocycles. The van der Waals surface area contributed by atoms with E-state index < -0.39 is 5.97 Å². The van der Waals surface area contributed by atoms with Crippen LogP contribution in [0.15, 0.2) is 40.9 Å². The molecule has 3 nitrogen and oxygen atoms in total. The fraction of sp³-hybridized carbons (Fsp3) is 0.308. The van der Waals surface area contributed by atoms with E-state index in [1.165, 1.54) is 0 Å². The van der Waals surface area contributed by atoms with Gasteiger partial charge in [-0.25, -0.2) is 0 Å². The van der Waals surface area contributed by atoms with Crippen molar-refractivity contribution in [3.8, 4) is 0 Å². The predicted octanol–water partition coefficient (Wildman–Crippen LogP) is 3.31. The van der Waals surface area contributed by atoms with Gasteiger partial charge in [0, 0.05) is 23.2 Å². The van der Waals surface area contributed by atoms with Gasteiger partial charge < -0.3 is 10.0 Å². The normalized spacial score (nSPS) is 10.0. The minimum Gasteiger partial charge on any atom is -0.481 e. The molecule has 4 heteroatoms. The molecule has 1 aromatic carbocycles. The molecular weight excluding hydrogens is 282 g/mol. The molecule has 1 rings (SSSR count). The Morgan fingerprint density at radius 1 is 1.53 bits per heavy atom. The number of anilines is 1. The van der Waals surface area contributed by atoms with E-state index in [1.54, 1.807) is 0 Å². The van der Waals surface area contributed by atoms with Gasteiger partial charge in [0.1, 0.15) is 0 Å². The molecule has 0 radical (unpaired) electrons. The van der Waals surface area contributed by atoms with E-state index >= 15 is 0 Å². The van der Waals surface area contributed by atoms with Gasteiger partial charge in [0.05, 0.1) is 6.42 Å². The Hall–Kier alpha value is -1.29. The van der Waals surface area contributed by atoms with E-state index in [2.05, 4.69) is 22.5 Å². The number of nitrogens with zero attached hydrogens (tertiary/aromatic N) is 1. The van der Waals surface area contributed by atoms with Crippen LogP contribution in [-0.4, -0.2) is 24.2 Å². The summed E-state index contributed by atoms with van der Waals surface area (Å²) in [7, 11) is 0. The molecule has 17 heavy (non-hydrogen) atoms. The summed E-state index contributed by atoms with van der Waals surface area (Å²) in [5.41, 5.74) is 2.01. The molecule has 0 heterocycles. The monoisotopic (exact) mass is 297 g/mol. The van der Waals surface area contributed by atoms with E-state index in [-0.39, 0.29) is 6.42 Å². The number of halogens is 1. The number of aliphatic carboxylic acids is 1. The van der Waals surface area contributed by atoms with Gasteiger partial charge in [-0.2, -0.15) is 0 Å². The van der Waals surface area contributed by atoms with Gasteiger partial charge in [0.25, 0.3) is 0 Å². The Kier molecular flexibility index (Phi) is 5.22. The molecule has 0 aliphatic carbocycles. The summed E-state index contributed by atoms with van der Waals surface area (Å²) in [4.78, 5) is 12.6. The summed E-state index contributed by atoms with van der Waals surface area (Å²) in [6.07, 6.45) is 0.125. The average Bonchev–Trinajstić information content (AvgIpc) is 2.23. The van der Waals surface area contributed by atoms with Crippen LogP contribution in [0.25, 0.3) is 0 Å². The number of hydrogen-bond acceptors (Lipinski definition) is 2. The Bertz CT molecular complexity index is 418. The molecule has 0 saturated heterocycles.